The number of rotatable bonds is 8. The van der Waals surface area contributed by atoms with Gasteiger partial charge in [-0.1, -0.05) is 41.7 Å². The maximum absolute atomic E-state index is 14.2. The maximum atomic E-state index is 14.2. The fourth-order valence-electron chi connectivity index (χ4n) is 5.13. The van der Waals surface area contributed by atoms with Gasteiger partial charge in [0.2, 0.25) is 0 Å². The summed E-state index contributed by atoms with van der Waals surface area (Å²) >= 11 is 4.67. The summed E-state index contributed by atoms with van der Waals surface area (Å²) in [5.41, 5.74) is 1.69. The Balaban J connectivity index is 1.78. The number of allylic oxidation sites excluding steroid dienone is 1. The molecule has 3 aromatic carbocycles. The van der Waals surface area contributed by atoms with Crippen LogP contribution in [-0.2, 0) is 14.3 Å². The Morgan fingerprint density at radius 1 is 1.09 bits per heavy atom. The first-order chi connectivity index (χ1) is 20.7. The molecule has 1 atom stereocenters. The van der Waals surface area contributed by atoms with Gasteiger partial charge in [-0.05, 0) is 77.3 Å². The molecule has 2 heterocycles. The van der Waals surface area contributed by atoms with Crippen LogP contribution < -0.4 is 29.1 Å². The number of hydrogen-bond acceptors (Lipinski definition) is 9. The average molecular weight is 666 g/mol. The van der Waals surface area contributed by atoms with Crippen molar-refractivity contribution in [2.24, 2.45) is 4.99 Å². The Morgan fingerprint density at radius 3 is 2.56 bits per heavy atom. The van der Waals surface area contributed by atoms with Gasteiger partial charge in [0.1, 0.15) is 11.8 Å². The Kier molecular flexibility index (Phi) is 8.84. The summed E-state index contributed by atoms with van der Waals surface area (Å²) in [7, 11) is 1.56. The number of ether oxygens (including phenoxy) is 4. The SMILES string of the molecule is CCOC(=O)C1=C(C)N=c2s/c(=C\c3cc(Br)c(OC(C)=O)c(OCC)c3)c(=O)n2[C@H]1c1c(OC)ccc2ccccc12. The molecule has 0 saturated carbocycles. The summed E-state index contributed by atoms with van der Waals surface area (Å²) < 4.78 is 24.7. The van der Waals surface area contributed by atoms with E-state index >= 15 is 0 Å². The van der Waals surface area contributed by atoms with Gasteiger partial charge in [0.05, 0.1) is 40.6 Å². The molecule has 0 unspecified atom stereocenters. The zero-order valence-corrected chi connectivity index (χ0v) is 26.6. The van der Waals surface area contributed by atoms with E-state index < -0.39 is 18.0 Å². The van der Waals surface area contributed by atoms with E-state index in [9.17, 15) is 14.4 Å². The third kappa shape index (κ3) is 5.74. The molecule has 0 N–H and O–H groups in total. The van der Waals surface area contributed by atoms with Gasteiger partial charge in [-0.15, -0.1) is 0 Å². The number of hydrogen-bond donors (Lipinski definition) is 0. The molecule has 4 aromatic rings. The summed E-state index contributed by atoms with van der Waals surface area (Å²) in [6, 6.07) is 14.1. The van der Waals surface area contributed by atoms with E-state index in [1.807, 2.05) is 43.3 Å². The largest absolute Gasteiger partial charge is 0.496 e. The lowest BCUT2D eigenvalue weighted by Crippen LogP contribution is -2.40. The highest BCUT2D eigenvalue weighted by molar-refractivity contribution is 9.10. The van der Waals surface area contributed by atoms with Crippen molar-refractivity contribution in [3.63, 3.8) is 0 Å². The molecule has 0 fully saturated rings. The Labute approximate surface area is 259 Å². The van der Waals surface area contributed by atoms with Crippen molar-refractivity contribution in [2.45, 2.75) is 33.7 Å². The quantitative estimate of drug-likeness (QED) is 0.192. The minimum Gasteiger partial charge on any atom is -0.496 e. The molecule has 0 aliphatic carbocycles. The lowest BCUT2D eigenvalue weighted by Gasteiger charge is -2.27. The van der Waals surface area contributed by atoms with Crippen LogP contribution >= 0.6 is 27.3 Å². The highest BCUT2D eigenvalue weighted by atomic mass is 79.9. The molecule has 11 heteroatoms. The van der Waals surface area contributed by atoms with Crippen molar-refractivity contribution in [2.75, 3.05) is 20.3 Å². The second-order valence-electron chi connectivity index (χ2n) is 9.56. The van der Waals surface area contributed by atoms with E-state index in [2.05, 4.69) is 20.9 Å². The molecule has 0 bridgehead atoms. The Hall–Kier alpha value is -4.22. The summed E-state index contributed by atoms with van der Waals surface area (Å²) in [4.78, 5) is 44.5. The zero-order valence-electron chi connectivity index (χ0n) is 24.2. The van der Waals surface area contributed by atoms with Crippen molar-refractivity contribution < 1.29 is 28.5 Å². The third-order valence-corrected chi connectivity index (χ3v) is 8.39. The van der Waals surface area contributed by atoms with Gasteiger partial charge in [0.15, 0.2) is 16.3 Å². The van der Waals surface area contributed by atoms with Gasteiger partial charge < -0.3 is 18.9 Å². The number of methoxy groups -OCH3 is 1. The third-order valence-electron chi connectivity index (χ3n) is 6.82. The van der Waals surface area contributed by atoms with E-state index in [0.717, 1.165) is 10.8 Å². The average Bonchev–Trinajstić information content (AvgIpc) is 3.27. The minimum atomic E-state index is -0.851. The van der Waals surface area contributed by atoms with Crippen molar-refractivity contribution in [3.05, 3.63) is 95.1 Å². The standard InChI is InChI=1S/C32H29BrN2O7S/c1-6-40-24-15-19(14-22(33)29(24)42-18(4)36)16-25-30(37)35-28(26(31(38)41-7-2)17(3)34-32(35)43-25)27-21-11-9-8-10-20(21)12-13-23(27)39-5/h8-16,28H,6-7H2,1-5H3/b25-16-/t28-/m1/s1. The number of benzene rings is 3. The van der Waals surface area contributed by atoms with E-state index in [1.165, 1.54) is 22.8 Å². The highest BCUT2D eigenvalue weighted by Gasteiger charge is 2.36. The number of esters is 2. The molecule has 0 amide bonds. The molecular weight excluding hydrogens is 636 g/mol. The van der Waals surface area contributed by atoms with Crippen LogP contribution in [0, 0.1) is 0 Å². The van der Waals surface area contributed by atoms with Crippen LogP contribution in [0.1, 0.15) is 44.9 Å². The molecule has 0 saturated heterocycles. The first-order valence-electron chi connectivity index (χ1n) is 13.6. The van der Waals surface area contributed by atoms with Gasteiger partial charge in [-0.25, -0.2) is 9.79 Å². The highest BCUT2D eigenvalue weighted by Crippen LogP contribution is 2.41. The second-order valence-corrected chi connectivity index (χ2v) is 11.4. The lowest BCUT2D eigenvalue weighted by molar-refractivity contribution is -0.139. The van der Waals surface area contributed by atoms with Crippen molar-refractivity contribution >= 4 is 56.1 Å². The number of carbonyl (C=O) groups excluding carboxylic acids is 2. The van der Waals surface area contributed by atoms with E-state index in [4.69, 9.17) is 18.9 Å². The number of thiazole rings is 1. The van der Waals surface area contributed by atoms with Crippen LogP contribution in [0.25, 0.3) is 16.8 Å². The summed E-state index contributed by atoms with van der Waals surface area (Å²) in [5.74, 6) is 0.0977. The predicted molar refractivity (Wildman–Crippen MR) is 168 cm³/mol. The van der Waals surface area contributed by atoms with Crippen LogP contribution in [-0.4, -0.2) is 36.8 Å². The maximum Gasteiger partial charge on any atom is 0.338 e. The smallest absolute Gasteiger partial charge is 0.338 e. The number of aromatic nitrogens is 1. The van der Waals surface area contributed by atoms with Crippen LogP contribution in [0.15, 0.2) is 74.1 Å². The van der Waals surface area contributed by atoms with Gasteiger partial charge in [0.25, 0.3) is 5.56 Å². The van der Waals surface area contributed by atoms with Gasteiger partial charge in [-0.2, -0.15) is 0 Å². The van der Waals surface area contributed by atoms with E-state index in [-0.39, 0.29) is 23.5 Å². The number of fused-ring (bicyclic) bond motifs is 2. The monoisotopic (exact) mass is 664 g/mol. The minimum absolute atomic E-state index is 0.166. The normalized spacial score (nSPS) is 14.7. The first-order valence-corrected chi connectivity index (χ1v) is 15.2. The molecular formula is C32H29BrN2O7S. The molecule has 1 aliphatic rings. The Bertz CT molecular complexity index is 1980. The summed E-state index contributed by atoms with van der Waals surface area (Å²) in [6.07, 6.45) is 1.72. The fraction of sp³-hybridized carbons (Fsp3) is 0.250. The Morgan fingerprint density at radius 2 is 1.86 bits per heavy atom. The number of carbonyl (C=O) groups is 2. The molecule has 0 radical (unpaired) electrons. The van der Waals surface area contributed by atoms with Crippen LogP contribution in [0.2, 0.25) is 0 Å². The topological polar surface area (TPSA) is 105 Å². The molecule has 0 spiro atoms. The number of nitrogens with zero attached hydrogens (tertiary/aromatic N) is 2. The van der Waals surface area contributed by atoms with Crippen molar-refractivity contribution in [1.29, 1.82) is 0 Å². The molecule has 222 valence electrons. The van der Waals surface area contributed by atoms with Crippen molar-refractivity contribution in [3.8, 4) is 17.2 Å². The van der Waals surface area contributed by atoms with E-state index in [1.54, 1.807) is 39.2 Å². The predicted octanol–water partition coefficient (Wildman–Crippen LogP) is 5.05. The van der Waals surface area contributed by atoms with Crippen LogP contribution in [0.4, 0.5) is 0 Å². The molecule has 1 aliphatic heterocycles. The molecule has 5 rings (SSSR count). The lowest BCUT2D eigenvalue weighted by atomic mass is 9.90. The van der Waals surface area contributed by atoms with Gasteiger partial charge in [-0.3, -0.25) is 14.2 Å². The summed E-state index contributed by atoms with van der Waals surface area (Å²) in [5, 5.41) is 1.77. The van der Waals surface area contributed by atoms with Gasteiger partial charge in [0, 0.05) is 12.5 Å². The first kappa shape index (κ1) is 30.2. The van der Waals surface area contributed by atoms with Crippen LogP contribution in [0.3, 0.4) is 0 Å². The van der Waals surface area contributed by atoms with Gasteiger partial charge >= 0.3 is 11.9 Å². The number of halogens is 1. The molecule has 43 heavy (non-hydrogen) atoms. The summed E-state index contributed by atoms with van der Waals surface area (Å²) in [6.45, 7) is 7.12. The van der Waals surface area contributed by atoms with Crippen molar-refractivity contribution in [1.82, 2.24) is 4.57 Å². The van der Waals surface area contributed by atoms with E-state index in [0.29, 0.717) is 48.7 Å². The molecule has 9 nitrogen and oxygen atoms in total. The fourth-order valence-corrected chi connectivity index (χ4v) is 6.72. The van der Waals surface area contributed by atoms with Crippen LogP contribution in [0.5, 0.6) is 17.2 Å². The molecule has 1 aromatic heterocycles. The zero-order chi connectivity index (χ0) is 30.8. The second kappa shape index (κ2) is 12.6.